The Balaban J connectivity index is 1.98. The van der Waals surface area contributed by atoms with Gasteiger partial charge >= 0.3 is 0 Å². The van der Waals surface area contributed by atoms with E-state index in [9.17, 15) is 18.0 Å². The number of anilines is 1. The minimum Gasteiger partial charge on any atom is -0.385 e. The van der Waals surface area contributed by atoms with Crippen LogP contribution in [0.15, 0.2) is 53.5 Å². The lowest BCUT2D eigenvalue weighted by atomic mass is 9.84. The van der Waals surface area contributed by atoms with Crippen molar-refractivity contribution in [1.29, 1.82) is 0 Å². The van der Waals surface area contributed by atoms with Gasteiger partial charge in [-0.3, -0.25) is 18.8 Å². The van der Waals surface area contributed by atoms with Gasteiger partial charge in [-0.1, -0.05) is 44.2 Å². The van der Waals surface area contributed by atoms with Crippen molar-refractivity contribution in [2.75, 3.05) is 31.3 Å². The quantitative estimate of drug-likeness (QED) is 0.436. The Morgan fingerprint density at radius 1 is 1.23 bits per heavy atom. The molecule has 0 saturated carbocycles. The third kappa shape index (κ3) is 7.36. The number of sulfonamides is 1. The van der Waals surface area contributed by atoms with Gasteiger partial charge in [-0.05, 0) is 48.6 Å². The number of rotatable bonds is 11. The summed E-state index contributed by atoms with van der Waals surface area (Å²) in [6.45, 7) is 6.36. The van der Waals surface area contributed by atoms with Gasteiger partial charge in [0.1, 0.15) is 0 Å². The number of hydrogen-bond acceptors (Lipinski definition) is 7. The number of hydrogen-bond donors (Lipinski definition) is 2. The molecule has 2 aromatic carbocycles. The minimum atomic E-state index is -3.62. The van der Waals surface area contributed by atoms with E-state index in [0.717, 1.165) is 16.1 Å². The maximum Gasteiger partial charge on any atom is 0.251 e. The SMILES string of the molecule is COCCC(NC(=O)c1cc(CN2C(=O)CC(C)(C(C)C)N=C2N)cc(N(C)S(C)(=O)=O)c1)c1ccccc1. The molecule has 2 unspecified atom stereocenters. The Hall–Kier alpha value is -3.44. The van der Waals surface area contributed by atoms with Gasteiger partial charge in [0.25, 0.3) is 5.91 Å². The number of methoxy groups -OCH3 is 1. The summed E-state index contributed by atoms with van der Waals surface area (Å²) in [5.74, 6) is -0.363. The van der Waals surface area contributed by atoms with Crippen LogP contribution in [-0.2, 0) is 26.1 Å². The molecule has 1 aliphatic heterocycles. The average Bonchev–Trinajstić information content (AvgIpc) is 2.87. The maximum atomic E-state index is 13.5. The van der Waals surface area contributed by atoms with Gasteiger partial charge in [0.15, 0.2) is 5.96 Å². The molecule has 0 bridgehead atoms. The Kier molecular flexibility index (Phi) is 9.39. The summed E-state index contributed by atoms with van der Waals surface area (Å²) >= 11 is 0. The Labute approximate surface area is 231 Å². The van der Waals surface area contributed by atoms with Gasteiger partial charge in [-0.25, -0.2) is 13.4 Å². The van der Waals surface area contributed by atoms with Gasteiger partial charge < -0.3 is 15.8 Å². The van der Waals surface area contributed by atoms with Crippen molar-refractivity contribution in [3.8, 4) is 0 Å². The lowest BCUT2D eigenvalue weighted by Crippen LogP contribution is -2.51. The zero-order valence-corrected chi connectivity index (χ0v) is 24.3. The van der Waals surface area contributed by atoms with E-state index >= 15 is 0 Å². The van der Waals surface area contributed by atoms with E-state index in [1.54, 1.807) is 19.2 Å². The van der Waals surface area contributed by atoms with E-state index < -0.39 is 15.6 Å². The Morgan fingerprint density at radius 2 is 1.90 bits per heavy atom. The number of aliphatic imine (C=N–C) groups is 1. The van der Waals surface area contributed by atoms with Crippen LogP contribution >= 0.6 is 0 Å². The second-order valence-electron chi connectivity index (χ2n) is 10.5. The van der Waals surface area contributed by atoms with E-state index in [1.165, 1.54) is 18.0 Å². The first-order chi connectivity index (χ1) is 18.2. The fraction of sp³-hybridized carbons (Fsp3) is 0.464. The standard InChI is InChI=1S/C28H39N5O5S/c1-19(2)28(3)17-25(34)33(27(29)31-28)18-20-14-22(16-23(15-20)32(4)39(6,36)37)26(35)30-24(12-13-38-5)21-10-8-7-9-11-21/h7-11,14-16,19,24H,12-13,17-18H2,1-6H3,(H2,29,31)(H,30,35). The summed E-state index contributed by atoms with van der Waals surface area (Å²) in [6, 6.07) is 14.0. The first kappa shape index (κ1) is 30.1. The molecule has 1 aliphatic rings. The summed E-state index contributed by atoms with van der Waals surface area (Å²) < 4.78 is 31.0. The zero-order valence-electron chi connectivity index (χ0n) is 23.5. The molecule has 39 heavy (non-hydrogen) atoms. The number of carbonyl (C=O) groups excluding carboxylic acids is 2. The molecule has 0 aromatic heterocycles. The molecule has 1 heterocycles. The van der Waals surface area contributed by atoms with Crippen molar-refractivity contribution >= 4 is 33.5 Å². The van der Waals surface area contributed by atoms with Crippen LogP contribution in [0.1, 0.15) is 61.1 Å². The predicted molar refractivity (Wildman–Crippen MR) is 153 cm³/mol. The minimum absolute atomic E-state index is 0.0415. The molecule has 0 saturated heterocycles. The molecule has 2 amide bonds. The lowest BCUT2D eigenvalue weighted by Gasteiger charge is -2.37. The van der Waals surface area contributed by atoms with Crippen LogP contribution in [0.3, 0.4) is 0 Å². The molecule has 0 aliphatic carbocycles. The summed E-state index contributed by atoms with van der Waals surface area (Å²) in [6.07, 6.45) is 1.83. The summed E-state index contributed by atoms with van der Waals surface area (Å²) in [7, 11) is -0.604. The number of ether oxygens (including phenoxy) is 1. The molecule has 3 rings (SSSR count). The largest absolute Gasteiger partial charge is 0.385 e. The molecular weight excluding hydrogens is 518 g/mol. The van der Waals surface area contributed by atoms with Crippen LogP contribution in [0.25, 0.3) is 0 Å². The number of amides is 2. The van der Waals surface area contributed by atoms with Crippen LogP contribution in [0, 0.1) is 5.92 Å². The third-order valence-electron chi connectivity index (χ3n) is 7.26. The highest BCUT2D eigenvalue weighted by molar-refractivity contribution is 7.92. The summed E-state index contributed by atoms with van der Waals surface area (Å²) in [5.41, 5.74) is 7.64. The van der Waals surface area contributed by atoms with Crippen molar-refractivity contribution < 1.29 is 22.7 Å². The van der Waals surface area contributed by atoms with Crippen LogP contribution in [0.2, 0.25) is 0 Å². The van der Waals surface area contributed by atoms with E-state index in [1.807, 2.05) is 51.1 Å². The van der Waals surface area contributed by atoms with Crippen molar-refractivity contribution in [2.24, 2.45) is 16.6 Å². The van der Waals surface area contributed by atoms with Crippen LogP contribution in [0.5, 0.6) is 0 Å². The van der Waals surface area contributed by atoms with E-state index in [0.29, 0.717) is 24.3 Å². The molecule has 11 heteroatoms. The highest BCUT2D eigenvalue weighted by Gasteiger charge is 2.38. The average molecular weight is 558 g/mol. The van der Waals surface area contributed by atoms with Crippen molar-refractivity contribution in [2.45, 2.75) is 51.7 Å². The smallest absolute Gasteiger partial charge is 0.251 e. The van der Waals surface area contributed by atoms with Gasteiger partial charge in [-0.15, -0.1) is 0 Å². The number of nitrogens with one attached hydrogen (secondary N) is 1. The molecule has 0 spiro atoms. The lowest BCUT2D eigenvalue weighted by molar-refractivity contribution is -0.130. The zero-order chi connectivity index (χ0) is 29.0. The molecule has 0 fully saturated rings. The third-order valence-corrected chi connectivity index (χ3v) is 8.47. The van der Waals surface area contributed by atoms with E-state index in [4.69, 9.17) is 10.5 Å². The molecule has 2 atom stereocenters. The molecule has 3 N–H and O–H groups in total. The van der Waals surface area contributed by atoms with Gasteiger partial charge in [-0.2, -0.15) is 0 Å². The first-order valence-electron chi connectivity index (χ1n) is 12.8. The summed E-state index contributed by atoms with van der Waals surface area (Å²) in [5, 5.41) is 3.05. The van der Waals surface area contributed by atoms with Crippen molar-refractivity contribution in [1.82, 2.24) is 10.2 Å². The number of guanidine groups is 1. The van der Waals surface area contributed by atoms with Gasteiger partial charge in [0.2, 0.25) is 15.9 Å². The molecule has 0 radical (unpaired) electrons. The molecular formula is C28H39N5O5S. The second-order valence-corrected chi connectivity index (χ2v) is 12.5. The monoisotopic (exact) mass is 557 g/mol. The van der Waals surface area contributed by atoms with Crippen LogP contribution in [0.4, 0.5) is 5.69 Å². The molecule has 212 valence electrons. The van der Waals surface area contributed by atoms with Crippen LogP contribution in [-0.4, -0.2) is 63.7 Å². The van der Waals surface area contributed by atoms with E-state index in [2.05, 4.69) is 10.3 Å². The highest BCUT2D eigenvalue weighted by atomic mass is 32.2. The van der Waals surface area contributed by atoms with Gasteiger partial charge in [0.05, 0.1) is 36.5 Å². The first-order valence-corrected chi connectivity index (χ1v) is 14.7. The fourth-order valence-electron chi connectivity index (χ4n) is 4.33. The molecule has 10 nitrogen and oxygen atoms in total. The number of carbonyl (C=O) groups is 2. The Bertz CT molecular complexity index is 1330. The number of nitrogens with two attached hydrogens (primary N) is 1. The van der Waals surface area contributed by atoms with Gasteiger partial charge in [0, 0.05) is 26.3 Å². The second kappa shape index (κ2) is 12.2. The highest BCUT2D eigenvalue weighted by Crippen LogP contribution is 2.31. The predicted octanol–water partition coefficient (Wildman–Crippen LogP) is 3.05. The summed E-state index contributed by atoms with van der Waals surface area (Å²) in [4.78, 5) is 32.6. The number of nitrogens with zero attached hydrogens (tertiary/aromatic N) is 3. The van der Waals surface area contributed by atoms with E-state index in [-0.39, 0.29) is 48.3 Å². The normalized spacial score (nSPS) is 18.6. The van der Waals surface area contributed by atoms with Crippen LogP contribution < -0.4 is 15.4 Å². The molecule has 2 aromatic rings. The Morgan fingerprint density at radius 3 is 2.46 bits per heavy atom. The fourth-order valence-corrected chi connectivity index (χ4v) is 4.82. The number of benzene rings is 2. The topological polar surface area (TPSA) is 134 Å². The van der Waals surface area contributed by atoms with Crippen molar-refractivity contribution in [3.63, 3.8) is 0 Å². The van der Waals surface area contributed by atoms with Crippen molar-refractivity contribution in [3.05, 3.63) is 65.2 Å². The maximum absolute atomic E-state index is 13.5.